The predicted molar refractivity (Wildman–Crippen MR) is 146 cm³/mol. The average Bonchev–Trinajstić information content (AvgIpc) is 3.23. The van der Waals surface area contributed by atoms with Crippen molar-refractivity contribution in [3.63, 3.8) is 0 Å². The molecule has 0 saturated heterocycles. The van der Waals surface area contributed by atoms with E-state index in [4.69, 9.17) is 20.9 Å². The van der Waals surface area contributed by atoms with Crippen LogP contribution >= 0.6 is 0 Å². The molecule has 0 bridgehead atoms. The normalized spacial score (nSPS) is 38.6. The van der Waals surface area contributed by atoms with Gasteiger partial charge in [0.25, 0.3) is 0 Å². The summed E-state index contributed by atoms with van der Waals surface area (Å²) in [4.78, 5) is 24.0. The van der Waals surface area contributed by atoms with E-state index >= 15 is 0 Å². The summed E-state index contributed by atoms with van der Waals surface area (Å²) in [5.41, 5.74) is 13.1. The Bertz CT molecular complexity index is 871. The molecular formula is C31H52N2O4. The molecule has 0 heterocycles. The topological polar surface area (TPSA) is 105 Å². The number of ether oxygens (including phenoxy) is 2. The van der Waals surface area contributed by atoms with E-state index < -0.39 is 0 Å². The molecule has 210 valence electrons. The highest BCUT2D eigenvalue weighted by atomic mass is 16.5. The van der Waals surface area contributed by atoms with Crippen molar-refractivity contribution < 1.29 is 19.1 Å². The number of carbonyl (C=O) groups excluding carboxylic acids is 2. The Kier molecular flexibility index (Phi) is 8.79. The number of rotatable bonds is 9. The smallest absolute Gasteiger partial charge is 0.319 e. The fourth-order valence-corrected chi connectivity index (χ4v) is 9.27. The summed E-state index contributed by atoms with van der Waals surface area (Å²) in [7, 11) is 0. The first-order valence-corrected chi connectivity index (χ1v) is 15.0. The summed E-state index contributed by atoms with van der Waals surface area (Å²) in [6.45, 7) is 11.8. The molecule has 4 aliphatic rings. The second-order valence-electron chi connectivity index (χ2n) is 13.6. The minimum atomic E-state index is -0.286. The third-order valence-corrected chi connectivity index (χ3v) is 11.3. The molecule has 0 aromatic rings. The maximum absolute atomic E-state index is 12.2. The van der Waals surface area contributed by atoms with Gasteiger partial charge in [0.2, 0.25) is 0 Å². The number of esters is 2. The van der Waals surface area contributed by atoms with Crippen LogP contribution in [-0.2, 0) is 19.1 Å². The lowest BCUT2D eigenvalue weighted by Crippen LogP contribution is -2.51. The van der Waals surface area contributed by atoms with E-state index in [1.165, 1.54) is 31.3 Å². The zero-order valence-electron chi connectivity index (χ0n) is 24.0. The maximum atomic E-state index is 12.2. The lowest BCUT2D eigenvalue weighted by molar-refractivity contribution is -0.153. The van der Waals surface area contributed by atoms with Crippen molar-refractivity contribution in [1.29, 1.82) is 0 Å². The van der Waals surface area contributed by atoms with E-state index in [1.54, 1.807) is 0 Å². The van der Waals surface area contributed by atoms with Crippen molar-refractivity contribution in [2.75, 3.05) is 13.1 Å². The van der Waals surface area contributed by atoms with Crippen molar-refractivity contribution >= 4 is 11.9 Å². The van der Waals surface area contributed by atoms with Gasteiger partial charge in [-0.2, -0.15) is 0 Å². The van der Waals surface area contributed by atoms with Crippen LogP contribution in [-0.4, -0.2) is 37.2 Å². The first-order valence-electron chi connectivity index (χ1n) is 15.0. The monoisotopic (exact) mass is 516 g/mol. The average molecular weight is 517 g/mol. The minimum Gasteiger partial charge on any atom is -0.461 e. The summed E-state index contributed by atoms with van der Waals surface area (Å²) < 4.78 is 11.6. The van der Waals surface area contributed by atoms with Gasteiger partial charge in [-0.25, -0.2) is 0 Å². The van der Waals surface area contributed by atoms with E-state index in [0.29, 0.717) is 35.0 Å². The molecule has 3 saturated carbocycles. The van der Waals surface area contributed by atoms with Crippen LogP contribution in [0.3, 0.4) is 0 Å². The molecule has 6 nitrogen and oxygen atoms in total. The lowest BCUT2D eigenvalue weighted by Gasteiger charge is -2.58. The molecule has 37 heavy (non-hydrogen) atoms. The standard InChI is InChI=1S/C31H52N2O4/c1-19(2)6-11-27(37-29(35)18-33)20(3)24-9-10-25-23-8-7-21-16-22(36-28(34)17-32)12-14-30(21,4)26(23)13-15-31(24,25)5/h7,19-20,22-27H,6,8-18,32-33H2,1-5H3/t20-,22?,23-,24+,25-,26-,27-,30-,31+/m0/s1. The quantitative estimate of drug-likeness (QED) is 0.315. The Labute approximate surface area is 224 Å². The van der Waals surface area contributed by atoms with Gasteiger partial charge < -0.3 is 20.9 Å². The summed E-state index contributed by atoms with van der Waals surface area (Å²) in [5.74, 6) is 3.10. The Balaban J connectivity index is 1.50. The van der Waals surface area contributed by atoms with Crippen LogP contribution in [0.1, 0.15) is 98.8 Å². The van der Waals surface area contributed by atoms with Crippen LogP contribution in [0.25, 0.3) is 0 Å². The Hall–Kier alpha value is -1.40. The highest BCUT2D eigenvalue weighted by Crippen LogP contribution is 2.67. The van der Waals surface area contributed by atoms with Gasteiger partial charge in [-0.3, -0.25) is 9.59 Å². The van der Waals surface area contributed by atoms with Crippen molar-refractivity contribution in [2.45, 2.75) is 111 Å². The van der Waals surface area contributed by atoms with E-state index in [1.807, 2.05) is 0 Å². The fourth-order valence-electron chi connectivity index (χ4n) is 9.27. The molecule has 0 aliphatic heterocycles. The van der Waals surface area contributed by atoms with Crippen LogP contribution in [0.4, 0.5) is 0 Å². The Morgan fingerprint density at radius 2 is 1.70 bits per heavy atom. The molecular weight excluding hydrogens is 464 g/mol. The first-order chi connectivity index (χ1) is 17.5. The number of hydrogen-bond acceptors (Lipinski definition) is 6. The summed E-state index contributed by atoms with van der Waals surface area (Å²) >= 11 is 0. The zero-order valence-corrected chi connectivity index (χ0v) is 24.0. The third kappa shape index (κ3) is 5.52. The highest BCUT2D eigenvalue weighted by Gasteiger charge is 2.60. The van der Waals surface area contributed by atoms with Crippen LogP contribution in [0, 0.1) is 46.3 Å². The van der Waals surface area contributed by atoms with Crippen molar-refractivity contribution in [1.82, 2.24) is 0 Å². The van der Waals surface area contributed by atoms with Crippen LogP contribution in [0.2, 0.25) is 0 Å². The van der Waals surface area contributed by atoms with Crippen LogP contribution in [0.5, 0.6) is 0 Å². The molecule has 4 rings (SSSR count). The van der Waals surface area contributed by atoms with Crippen molar-refractivity contribution in [3.8, 4) is 0 Å². The first kappa shape index (κ1) is 28.6. The van der Waals surface area contributed by atoms with Gasteiger partial charge in [0.1, 0.15) is 12.2 Å². The predicted octanol–water partition coefficient (Wildman–Crippen LogP) is 5.38. The van der Waals surface area contributed by atoms with E-state index in [9.17, 15) is 9.59 Å². The molecule has 4 aliphatic carbocycles. The summed E-state index contributed by atoms with van der Waals surface area (Å²) in [6, 6.07) is 0. The molecule has 1 unspecified atom stereocenters. The summed E-state index contributed by atoms with van der Waals surface area (Å²) in [6.07, 6.45) is 13.5. The molecule has 0 radical (unpaired) electrons. The second-order valence-corrected chi connectivity index (χ2v) is 13.6. The Morgan fingerprint density at radius 1 is 0.973 bits per heavy atom. The number of nitrogens with two attached hydrogens (primary N) is 2. The van der Waals surface area contributed by atoms with Gasteiger partial charge in [0.15, 0.2) is 0 Å². The molecule has 3 fully saturated rings. The number of fused-ring (bicyclic) bond motifs is 5. The number of hydrogen-bond donors (Lipinski definition) is 2. The van der Waals surface area contributed by atoms with E-state index in [-0.39, 0.29) is 42.7 Å². The van der Waals surface area contributed by atoms with Gasteiger partial charge in [-0.05, 0) is 104 Å². The molecule has 0 aromatic carbocycles. The number of allylic oxidation sites excluding steroid dienone is 1. The largest absolute Gasteiger partial charge is 0.461 e. The maximum Gasteiger partial charge on any atom is 0.319 e. The van der Waals surface area contributed by atoms with E-state index in [0.717, 1.165) is 44.4 Å². The zero-order chi connectivity index (χ0) is 27.0. The summed E-state index contributed by atoms with van der Waals surface area (Å²) in [5, 5.41) is 0. The third-order valence-electron chi connectivity index (χ3n) is 11.3. The molecule has 4 N–H and O–H groups in total. The molecule has 9 atom stereocenters. The van der Waals surface area contributed by atoms with Gasteiger partial charge in [-0.1, -0.05) is 46.3 Å². The SMILES string of the molecule is CC(C)CC[C@H](OC(=O)CN)[C@@H](C)[C@H]1CC[C@H]2[C@@H]3CC=C4CC(OC(=O)CN)CC[C@]4(C)[C@H]3CC[C@]12C. The van der Waals surface area contributed by atoms with Gasteiger partial charge in [-0.15, -0.1) is 0 Å². The van der Waals surface area contributed by atoms with Gasteiger partial charge in [0.05, 0.1) is 13.1 Å². The number of carbonyl (C=O) groups is 2. The van der Waals surface area contributed by atoms with E-state index in [2.05, 4.69) is 40.7 Å². The molecule has 6 heteroatoms. The minimum absolute atomic E-state index is 0.0171. The highest BCUT2D eigenvalue weighted by molar-refractivity contribution is 5.71. The van der Waals surface area contributed by atoms with Crippen LogP contribution < -0.4 is 11.5 Å². The Morgan fingerprint density at radius 3 is 2.38 bits per heavy atom. The fraction of sp³-hybridized carbons (Fsp3) is 0.871. The molecule has 0 spiro atoms. The van der Waals surface area contributed by atoms with Crippen molar-refractivity contribution in [3.05, 3.63) is 11.6 Å². The lowest BCUT2D eigenvalue weighted by atomic mass is 9.47. The van der Waals surface area contributed by atoms with Crippen LogP contribution in [0.15, 0.2) is 11.6 Å². The van der Waals surface area contributed by atoms with Gasteiger partial charge >= 0.3 is 11.9 Å². The van der Waals surface area contributed by atoms with Crippen molar-refractivity contribution in [2.24, 2.45) is 57.8 Å². The second kappa shape index (κ2) is 11.4. The molecule has 0 amide bonds. The molecule has 0 aromatic heterocycles. The van der Waals surface area contributed by atoms with Gasteiger partial charge in [0, 0.05) is 6.42 Å².